The van der Waals surface area contributed by atoms with Crippen molar-refractivity contribution in [1.29, 1.82) is 0 Å². The van der Waals surface area contributed by atoms with Crippen LogP contribution in [0.15, 0.2) is 54.6 Å². The van der Waals surface area contributed by atoms with E-state index in [0.29, 0.717) is 0 Å². The van der Waals surface area contributed by atoms with Gasteiger partial charge in [-0.05, 0) is 37.3 Å². The second-order valence-electron chi connectivity index (χ2n) is 5.22. The Morgan fingerprint density at radius 1 is 1.05 bits per heavy atom. The van der Waals surface area contributed by atoms with Gasteiger partial charge in [0.1, 0.15) is 11.6 Å². The molecule has 112 valence electrons. The van der Waals surface area contributed by atoms with E-state index in [-0.39, 0.29) is 6.04 Å². The predicted octanol–water partition coefficient (Wildman–Crippen LogP) is 4.00. The van der Waals surface area contributed by atoms with E-state index >= 15 is 0 Å². The molecule has 3 aromatic rings. The van der Waals surface area contributed by atoms with Gasteiger partial charge in [-0.1, -0.05) is 24.3 Å². The topological polar surface area (TPSA) is 60.2 Å². The number of benzene rings is 2. The van der Waals surface area contributed by atoms with Crippen molar-refractivity contribution in [1.82, 2.24) is 4.98 Å². The summed E-state index contributed by atoms with van der Waals surface area (Å²) in [5.41, 5.74) is 8.69. The second kappa shape index (κ2) is 5.93. The number of nitrogens with one attached hydrogen (secondary N) is 1. The first-order valence-electron chi connectivity index (χ1n) is 7.24. The molecule has 1 aromatic heterocycles. The first-order valence-corrected chi connectivity index (χ1v) is 7.24. The molecular formula is C18H19N3O. The average molecular weight is 293 g/mol. The Kier molecular flexibility index (Phi) is 3.83. The standard InChI is InChI=1S/C18H19N3O/c1-12(13-6-3-4-9-17(13)22-2)20-18-11-10-14-15(19)7-5-8-16(14)21-18/h3-12H,19H2,1-2H3,(H,20,21). The first-order chi connectivity index (χ1) is 10.7. The van der Waals surface area contributed by atoms with Gasteiger partial charge in [0.2, 0.25) is 0 Å². The molecule has 3 rings (SSSR count). The van der Waals surface area contributed by atoms with E-state index in [2.05, 4.69) is 23.3 Å². The summed E-state index contributed by atoms with van der Waals surface area (Å²) >= 11 is 0. The molecule has 22 heavy (non-hydrogen) atoms. The molecule has 0 aliphatic heterocycles. The monoisotopic (exact) mass is 293 g/mol. The molecule has 2 aromatic carbocycles. The number of pyridine rings is 1. The number of nitrogen functional groups attached to an aromatic ring is 1. The molecule has 1 heterocycles. The van der Waals surface area contributed by atoms with Crippen molar-refractivity contribution >= 4 is 22.4 Å². The van der Waals surface area contributed by atoms with E-state index in [1.54, 1.807) is 7.11 Å². The molecule has 4 nitrogen and oxygen atoms in total. The summed E-state index contributed by atoms with van der Waals surface area (Å²) in [6, 6.07) is 17.8. The van der Waals surface area contributed by atoms with Crippen LogP contribution < -0.4 is 15.8 Å². The Hall–Kier alpha value is -2.75. The zero-order valence-electron chi connectivity index (χ0n) is 12.7. The molecule has 0 saturated carbocycles. The van der Waals surface area contributed by atoms with Gasteiger partial charge in [0.05, 0.1) is 18.7 Å². The fraction of sp³-hybridized carbons (Fsp3) is 0.167. The number of hydrogen-bond donors (Lipinski definition) is 2. The molecule has 3 N–H and O–H groups in total. The molecule has 1 atom stereocenters. The van der Waals surface area contributed by atoms with Gasteiger partial charge >= 0.3 is 0 Å². The highest BCUT2D eigenvalue weighted by Gasteiger charge is 2.11. The maximum Gasteiger partial charge on any atom is 0.127 e. The quantitative estimate of drug-likeness (QED) is 0.714. The van der Waals surface area contributed by atoms with Crippen molar-refractivity contribution in [3.8, 4) is 5.75 Å². The highest BCUT2D eigenvalue weighted by molar-refractivity contribution is 5.91. The number of anilines is 2. The van der Waals surface area contributed by atoms with Crippen molar-refractivity contribution < 1.29 is 4.74 Å². The molecule has 0 saturated heterocycles. The zero-order valence-corrected chi connectivity index (χ0v) is 12.7. The Morgan fingerprint density at radius 3 is 2.68 bits per heavy atom. The number of rotatable bonds is 4. The Morgan fingerprint density at radius 2 is 1.86 bits per heavy atom. The van der Waals surface area contributed by atoms with Crippen LogP contribution in [0.3, 0.4) is 0 Å². The maximum absolute atomic E-state index is 5.96. The van der Waals surface area contributed by atoms with E-state index in [9.17, 15) is 0 Å². The molecular weight excluding hydrogens is 274 g/mol. The SMILES string of the molecule is COc1ccccc1C(C)Nc1ccc2c(N)cccc2n1. The number of fused-ring (bicyclic) bond motifs is 1. The smallest absolute Gasteiger partial charge is 0.127 e. The van der Waals surface area contributed by atoms with Crippen molar-refractivity contribution in [3.05, 3.63) is 60.2 Å². The summed E-state index contributed by atoms with van der Waals surface area (Å²) in [7, 11) is 1.68. The Labute approximate surface area is 129 Å². The second-order valence-corrected chi connectivity index (χ2v) is 5.22. The van der Waals surface area contributed by atoms with Crippen LogP contribution >= 0.6 is 0 Å². The lowest BCUT2D eigenvalue weighted by atomic mass is 10.1. The van der Waals surface area contributed by atoms with Crippen molar-refractivity contribution in [2.75, 3.05) is 18.2 Å². The Balaban J connectivity index is 1.89. The molecule has 0 bridgehead atoms. The van der Waals surface area contributed by atoms with Gasteiger partial charge in [-0.25, -0.2) is 4.98 Å². The van der Waals surface area contributed by atoms with E-state index in [4.69, 9.17) is 10.5 Å². The molecule has 1 unspecified atom stereocenters. The fourth-order valence-electron chi connectivity index (χ4n) is 2.58. The predicted molar refractivity (Wildman–Crippen MR) is 91.2 cm³/mol. The third-order valence-corrected chi connectivity index (χ3v) is 3.74. The summed E-state index contributed by atoms with van der Waals surface area (Å²) in [5, 5.41) is 4.38. The van der Waals surface area contributed by atoms with Crippen LogP contribution in [-0.4, -0.2) is 12.1 Å². The number of nitrogens with zero attached hydrogens (tertiary/aromatic N) is 1. The normalized spacial score (nSPS) is 12.1. The molecule has 0 radical (unpaired) electrons. The molecule has 0 fully saturated rings. The van der Waals surface area contributed by atoms with Crippen LogP contribution in [0.4, 0.5) is 11.5 Å². The highest BCUT2D eigenvalue weighted by atomic mass is 16.5. The minimum atomic E-state index is 0.0853. The van der Waals surface area contributed by atoms with Crippen LogP contribution in [0, 0.1) is 0 Å². The number of methoxy groups -OCH3 is 1. The first kappa shape index (κ1) is 14.2. The van der Waals surface area contributed by atoms with Crippen LogP contribution in [0.25, 0.3) is 10.9 Å². The average Bonchev–Trinajstić information content (AvgIpc) is 2.55. The zero-order chi connectivity index (χ0) is 15.5. The number of nitrogens with two attached hydrogens (primary N) is 1. The molecule has 0 aliphatic carbocycles. The van der Waals surface area contributed by atoms with E-state index in [1.807, 2.05) is 48.5 Å². The number of para-hydroxylation sites is 1. The van der Waals surface area contributed by atoms with Gasteiger partial charge in [-0.15, -0.1) is 0 Å². The lowest BCUT2D eigenvalue weighted by Crippen LogP contribution is -2.09. The van der Waals surface area contributed by atoms with E-state index < -0.39 is 0 Å². The fourth-order valence-corrected chi connectivity index (χ4v) is 2.58. The molecule has 4 heteroatoms. The van der Waals surface area contributed by atoms with Gasteiger partial charge in [-0.2, -0.15) is 0 Å². The van der Waals surface area contributed by atoms with Crippen LogP contribution in [0.1, 0.15) is 18.5 Å². The molecule has 0 aliphatic rings. The largest absolute Gasteiger partial charge is 0.496 e. The third-order valence-electron chi connectivity index (χ3n) is 3.74. The number of hydrogen-bond acceptors (Lipinski definition) is 4. The summed E-state index contributed by atoms with van der Waals surface area (Å²) in [5.74, 6) is 1.68. The number of ether oxygens (including phenoxy) is 1. The van der Waals surface area contributed by atoms with E-state index in [1.165, 1.54) is 0 Å². The minimum Gasteiger partial charge on any atom is -0.496 e. The van der Waals surface area contributed by atoms with Crippen LogP contribution in [-0.2, 0) is 0 Å². The summed E-state index contributed by atoms with van der Waals surface area (Å²) in [6.45, 7) is 2.09. The van der Waals surface area contributed by atoms with Gasteiger partial charge in [0.15, 0.2) is 0 Å². The maximum atomic E-state index is 5.96. The number of aromatic nitrogens is 1. The minimum absolute atomic E-state index is 0.0853. The van der Waals surface area contributed by atoms with Gasteiger partial charge in [0, 0.05) is 16.6 Å². The van der Waals surface area contributed by atoms with E-state index in [0.717, 1.165) is 33.7 Å². The van der Waals surface area contributed by atoms with Crippen molar-refractivity contribution in [2.24, 2.45) is 0 Å². The third kappa shape index (κ3) is 2.68. The van der Waals surface area contributed by atoms with Crippen molar-refractivity contribution in [3.63, 3.8) is 0 Å². The molecule has 0 amide bonds. The summed E-state index contributed by atoms with van der Waals surface area (Å²) in [4.78, 5) is 4.63. The lowest BCUT2D eigenvalue weighted by molar-refractivity contribution is 0.408. The highest BCUT2D eigenvalue weighted by Crippen LogP contribution is 2.28. The Bertz CT molecular complexity index is 801. The molecule has 0 spiro atoms. The van der Waals surface area contributed by atoms with Crippen LogP contribution in [0.2, 0.25) is 0 Å². The van der Waals surface area contributed by atoms with Crippen molar-refractivity contribution in [2.45, 2.75) is 13.0 Å². The van der Waals surface area contributed by atoms with Crippen LogP contribution in [0.5, 0.6) is 5.75 Å². The lowest BCUT2D eigenvalue weighted by Gasteiger charge is -2.18. The summed E-state index contributed by atoms with van der Waals surface area (Å²) in [6.07, 6.45) is 0. The van der Waals surface area contributed by atoms with Gasteiger partial charge < -0.3 is 15.8 Å². The van der Waals surface area contributed by atoms with Gasteiger partial charge in [-0.3, -0.25) is 0 Å². The summed E-state index contributed by atoms with van der Waals surface area (Å²) < 4.78 is 5.41. The van der Waals surface area contributed by atoms with Gasteiger partial charge in [0.25, 0.3) is 0 Å².